The molecule has 122 valence electrons. The molecule has 0 spiro atoms. The lowest BCUT2D eigenvalue weighted by atomic mass is 10.0. The maximum absolute atomic E-state index is 11.9. The summed E-state index contributed by atoms with van der Waals surface area (Å²) in [6.45, 7) is 4.88. The third kappa shape index (κ3) is 5.79. The molecule has 0 aromatic heterocycles. The van der Waals surface area contributed by atoms with Crippen LogP contribution in [-0.2, 0) is 14.3 Å². The minimum absolute atomic E-state index is 0.181. The molecule has 1 aromatic carbocycles. The highest BCUT2D eigenvalue weighted by Gasteiger charge is 2.26. The van der Waals surface area contributed by atoms with E-state index in [4.69, 9.17) is 4.74 Å². The van der Waals surface area contributed by atoms with Crippen molar-refractivity contribution < 1.29 is 19.2 Å². The van der Waals surface area contributed by atoms with Gasteiger partial charge in [0, 0.05) is 6.07 Å². The summed E-state index contributed by atoms with van der Waals surface area (Å²) in [5, 5.41) is 13.7. The van der Waals surface area contributed by atoms with E-state index in [2.05, 4.69) is 17.2 Å². The summed E-state index contributed by atoms with van der Waals surface area (Å²) in [4.78, 5) is 34.2. The predicted octanol–water partition coefficient (Wildman–Crippen LogP) is 2.12. The summed E-state index contributed by atoms with van der Waals surface area (Å²) in [5.41, 5.74) is 0.0454. The molecule has 0 radical (unpaired) electrons. The van der Waals surface area contributed by atoms with E-state index in [0.29, 0.717) is 0 Å². The van der Waals surface area contributed by atoms with Crippen molar-refractivity contribution in [3.8, 4) is 11.8 Å². The number of nitro groups is 1. The molecule has 0 bridgehead atoms. The molecule has 1 amide bonds. The molecule has 0 aliphatic rings. The highest BCUT2D eigenvalue weighted by molar-refractivity contribution is 5.94. The Morgan fingerprint density at radius 3 is 2.57 bits per heavy atom. The number of nitrogens with one attached hydrogen (secondary N) is 1. The Balaban J connectivity index is 3.12. The van der Waals surface area contributed by atoms with Gasteiger partial charge in [0.25, 0.3) is 11.6 Å². The van der Waals surface area contributed by atoms with Crippen molar-refractivity contribution in [3.63, 3.8) is 0 Å². The molecule has 1 N–H and O–H groups in total. The molecule has 7 heteroatoms. The standard InChI is InChI=1S/C16H18N2O5/c1-4-7-15(19)17-13(10-16(20)23-11(2)3)12-8-5-6-9-14(12)18(21)22/h5-6,8-9,11,13H,10H2,1-3H3,(H,17,19). The first kappa shape index (κ1) is 18.2. The van der Waals surface area contributed by atoms with Gasteiger partial charge in [0.1, 0.15) is 0 Å². The van der Waals surface area contributed by atoms with Crippen LogP contribution in [0.2, 0.25) is 0 Å². The molecule has 7 nitrogen and oxygen atoms in total. The van der Waals surface area contributed by atoms with E-state index < -0.39 is 22.8 Å². The van der Waals surface area contributed by atoms with E-state index in [-0.39, 0.29) is 23.8 Å². The van der Waals surface area contributed by atoms with Crippen molar-refractivity contribution in [1.29, 1.82) is 0 Å². The number of hydrogen-bond donors (Lipinski definition) is 1. The molecule has 1 rings (SSSR count). The molecule has 0 heterocycles. The molecule has 1 unspecified atom stereocenters. The predicted molar refractivity (Wildman–Crippen MR) is 83.3 cm³/mol. The summed E-state index contributed by atoms with van der Waals surface area (Å²) in [5.74, 6) is 3.54. The molecular weight excluding hydrogens is 300 g/mol. The Hall–Kier alpha value is -2.88. The largest absolute Gasteiger partial charge is 0.463 e. The van der Waals surface area contributed by atoms with Crippen LogP contribution in [0.15, 0.2) is 24.3 Å². The molecule has 1 atom stereocenters. The summed E-state index contributed by atoms with van der Waals surface area (Å²) in [6.07, 6.45) is -0.541. The van der Waals surface area contributed by atoms with Crippen LogP contribution in [0.1, 0.15) is 38.8 Å². The average molecular weight is 318 g/mol. The number of nitrogens with zero attached hydrogens (tertiary/aromatic N) is 1. The number of ether oxygens (including phenoxy) is 1. The maximum atomic E-state index is 11.9. The highest BCUT2D eigenvalue weighted by Crippen LogP contribution is 2.27. The van der Waals surface area contributed by atoms with Gasteiger partial charge in [0.05, 0.1) is 29.1 Å². The van der Waals surface area contributed by atoms with Gasteiger partial charge in [0.2, 0.25) is 0 Å². The van der Waals surface area contributed by atoms with Crippen LogP contribution in [0.4, 0.5) is 5.69 Å². The van der Waals surface area contributed by atoms with Gasteiger partial charge in [-0.2, -0.15) is 0 Å². The number of hydrogen-bond acceptors (Lipinski definition) is 5. The van der Waals surface area contributed by atoms with Crippen molar-refractivity contribution in [2.45, 2.75) is 39.3 Å². The Kier molecular flexibility index (Phi) is 6.74. The topological polar surface area (TPSA) is 98.5 Å². The lowest BCUT2D eigenvalue weighted by Gasteiger charge is -2.18. The third-order valence-corrected chi connectivity index (χ3v) is 2.79. The lowest BCUT2D eigenvalue weighted by Crippen LogP contribution is -2.30. The summed E-state index contributed by atoms with van der Waals surface area (Å²) >= 11 is 0. The Labute approximate surface area is 134 Å². The van der Waals surface area contributed by atoms with E-state index in [1.807, 2.05) is 0 Å². The summed E-state index contributed by atoms with van der Waals surface area (Å²) in [6, 6.07) is 5.02. The van der Waals surface area contributed by atoms with Crippen LogP contribution in [-0.4, -0.2) is 22.9 Å². The minimum Gasteiger partial charge on any atom is -0.463 e. The molecule has 0 saturated carbocycles. The second-order valence-electron chi connectivity index (χ2n) is 4.96. The van der Waals surface area contributed by atoms with Crippen LogP contribution >= 0.6 is 0 Å². The van der Waals surface area contributed by atoms with Crippen molar-refractivity contribution in [2.75, 3.05) is 0 Å². The second kappa shape index (κ2) is 8.54. The van der Waals surface area contributed by atoms with Gasteiger partial charge in [-0.1, -0.05) is 24.1 Å². The average Bonchev–Trinajstić information content (AvgIpc) is 2.45. The Morgan fingerprint density at radius 1 is 1.35 bits per heavy atom. The summed E-state index contributed by atoms with van der Waals surface area (Å²) < 4.78 is 5.05. The van der Waals surface area contributed by atoms with E-state index in [1.165, 1.54) is 25.1 Å². The van der Waals surface area contributed by atoms with Gasteiger partial charge < -0.3 is 10.1 Å². The fourth-order valence-corrected chi connectivity index (χ4v) is 1.97. The van der Waals surface area contributed by atoms with E-state index in [0.717, 1.165) is 0 Å². The zero-order chi connectivity index (χ0) is 17.4. The van der Waals surface area contributed by atoms with Crippen LogP contribution in [0.5, 0.6) is 0 Å². The zero-order valence-electron chi connectivity index (χ0n) is 13.2. The van der Waals surface area contributed by atoms with Gasteiger partial charge in [0.15, 0.2) is 0 Å². The van der Waals surface area contributed by atoms with Crippen LogP contribution in [0.3, 0.4) is 0 Å². The lowest BCUT2D eigenvalue weighted by molar-refractivity contribution is -0.385. The number of carbonyl (C=O) groups excluding carboxylic acids is 2. The number of para-hydroxylation sites is 1. The number of amides is 1. The molecule has 0 aliphatic carbocycles. The fourth-order valence-electron chi connectivity index (χ4n) is 1.97. The quantitative estimate of drug-likeness (QED) is 0.375. The van der Waals surface area contributed by atoms with Crippen LogP contribution < -0.4 is 5.32 Å². The maximum Gasteiger partial charge on any atom is 0.308 e. The number of nitro benzene ring substituents is 1. The van der Waals surface area contributed by atoms with Crippen molar-refractivity contribution >= 4 is 17.6 Å². The smallest absolute Gasteiger partial charge is 0.308 e. The summed E-state index contributed by atoms with van der Waals surface area (Å²) in [7, 11) is 0. The zero-order valence-corrected chi connectivity index (χ0v) is 13.2. The van der Waals surface area contributed by atoms with E-state index >= 15 is 0 Å². The Bertz CT molecular complexity index is 658. The van der Waals surface area contributed by atoms with Gasteiger partial charge in [-0.05, 0) is 26.7 Å². The van der Waals surface area contributed by atoms with Crippen molar-refractivity contribution in [2.24, 2.45) is 0 Å². The first-order valence-corrected chi connectivity index (χ1v) is 7.01. The van der Waals surface area contributed by atoms with Crippen molar-refractivity contribution in [3.05, 3.63) is 39.9 Å². The fraction of sp³-hybridized carbons (Fsp3) is 0.375. The Morgan fingerprint density at radius 2 is 2.00 bits per heavy atom. The second-order valence-corrected chi connectivity index (χ2v) is 4.96. The molecule has 1 aromatic rings. The number of benzene rings is 1. The van der Waals surface area contributed by atoms with Gasteiger partial charge in [-0.3, -0.25) is 19.7 Å². The SMILES string of the molecule is CC#CC(=O)NC(CC(=O)OC(C)C)c1ccccc1[N+](=O)[O-]. The third-order valence-electron chi connectivity index (χ3n) is 2.79. The molecular formula is C16H18N2O5. The minimum atomic E-state index is -0.892. The number of carbonyl (C=O) groups is 2. The monoisotopic (exact) mass is 318 g/mol. The number of esters is 1. The molecule has 0 saturated heterocycles. The highest BCUT2D eigenvalue weighted by atomic mass is 16.6. The van der Waals surface area contributed by atoms with Crippen LogP contribution in [0.25, 0.3) is 0 Å². The first-order chi connectivity index (χ1) is 10.8. The number of rotatable bonds is 6. The van der Waals surface area contributed by atoms with Crippen molar-refractivity contribution in [1.82, 2.24) is 5.32 Å². The van der Waals surface area contributed by atoms with E-state index in [9.17, 15) is 19.7 Å². The molecule has 0 fully saturated rings. The van der Waals surface area contributed by atoms with Gasteiger partial charge in [-0.15, -0.1) is 0 Å². The van der Waals surface area contributed by atoms with Gasteiger partial charge >= 0.3 is 5.97 Å². The normalized spacial score (nSPS) is 11.1. The van der Waals surface area contributed by atoms with E-state index in [1.54, 1.807) is 19.9 Å². The first-order valence-electron chi connectivity index (χ1n) is 7.01. The molecule has 0 aliphatic heterocycles. The van der Waals surface area contributed by atoms with Gasteiger partial charge in [-0.25, -0.2) is 0 Å². The van der Waals surface area contributed by atoms with Crippen LogP contribution in [0, 0.1) is 22.0 Å². The molecule has 23 heavy (non-hydrogen) atoms.